The van der Waals surface area contributed by atoms with Gasteiger partial charge in [-0.25, -0.2) is 33.7 Å². The maximum atomic E-state index is 12.6. The fourth-order valence-corrected chi connectivity index (χ4v) is 14.0. The Bertz CT molecular complexity index is 1060. The van der Waals surface area contributed by atoms with Crippen LogP contribution in [0.2, 0.25) is 0 Å². The topological polar surface area (TPSA) is 173 Å². The lowest BCUT2D eigenvalue weighted by molar-refractivity contribution is 0.202. The van der Waals surface area contributed by atoms with E-state index < -0.39 is 55.0 Å². The highest BCUT2D eigenvalue weighted by atomic mass is 32.3. The van der Waals surface area contributed by atoms with Crippen LogP contribution in [0.5, 0.6) is 0 Å². The molecule has 17 heteroatoms. The molecule has 154 valence electrons. The molecule has 0 atom stereocenters. The molecular weight excluding hydrogens is 447 g/mol. The minimum absolute atomic E-state index is 0.0802. The molecule has 0 saturated carbocycles. The van der Waals surface area contributed by atoms with Crippen LogP contribution in [0.1, 0.15) is 0 Å². The van der Waals surface area contributed by atoms with Gasteiger partial charge in [-0.1, -0.05) is 0 Å². The molecule has 2 heterocycles. The van der Waals surface area contributed by atoms with E-state index >= 15 is 0 Å². The zero-order valence-electron chi connectivity index (χ0n) is 14.8. The maximum absolute atomic E-state index is 12.6. The highest BCUT2D eigenvalue weighted by molar-refractivity contribution is 8.16. The van der Waals surface area contributed by atoms with E-state index in [1.807, 2.05) is 0 Å². The Hall–Kier alpha value is -1.01. The highest BCUT2D eigenvalue weighted by Gasteiger charge is 2.83. The quantitative estimate of drug-likeness (QED) is 0.398. The van der Waals surface area contributed by atoms with Crippen molar-refractivity contribution in [3.8, 4) is 0 Å². The predicted molar refractivity (Wildman–Crippen MR) is 95.6 cm³/mol. The summed E-state index contributed by atoms with van der Waals surface area (Å²) in [6.07, 6.45) is 3.73. The first-order valence-electron chi connectivity index (χ1n) is 6.94. The van der Waals surface area contributed by atoms with E-state index in [0.29, 0.717) is 25.0 Å². The van der Waals surface area contributed by atoms with Gasteiger partial charge in [0.2, 0.25) is 0 Å². The number of sulfone groups is 4. The number of rotatable bonds is 5. The zero-order chi connectivity index (χ0) is 21.3. The van der Waals surface area contributed by atoms with Crippen LogP contribution in [0, 0.1) is 0 Å². The number of aromatic nitrogens is 2. The van der Waals surface area contributed by atoms with Crippen molar-refractivity contribution in [1.29, 1.82) is 0 Å². The molecule has 1 aromatic rings. The largest absolute Gasteiger partial charge is 0.501 e. The van der Waals surface area contributed by atoms with Crippen molar-refractivity contribution in [3.05, 3.63) is 12.4 Å². The summed E-state index contributed by atoms with van der Waals surface area (Å²) in [6.45, 7) is 0. The van der Waals surface area contributed by atoms with Crippen LogP contribution >= 0.6 is 0 Å². The monoisotopic (exact) mass is 464 g/mol. The second-order valence-electron chi connectivity index (χ2n) is 6.22. The summed E-state index contributed by atoms with van der Waals surface area (Å²) < 4.78 is 104. The molecule has 0 bridgehead atoms. The molecular formula is C10H17BN2O10S4. The van der Waals surface area contributed by atoms with Crippen molar-refractivity contribution in [2.45, 2.75) is 8.53 Å². The zero-order valence-corrected chi connectivity index (χ0v) is 18.1. The Morgan fingerprint density at radius 1 is 0.815 bits per heavy atom. The summed E-state index contributed by atoms with van der Waals surface area (Å²) in [7, 11) is -20.7. The minimum atomic E-state index is -5.05. The molecule has 27 heavy (non-hydrogen) atoms. The molecule has 1 aromatic heterocycles. The Kier molecular flexibility index (Phi) is 4.95. The third-order valence-corrected chi connectivity index (χ3v) is 13.4. The van der Waals surface area contributed by atoms with Gasteiger partial charge in [0.05, 0.1) is 0 Å². The van der Waals surface area contributed by atoms with Gasteiger partial charge in [-0.3, -0.25) is 4.68 Å². The van der Waals surface area contributed by atoms with Gasteiger partial charge in [-0.05, 0) is 0 Å². The molecule has 0 aromatic carbocycles. The second kappa shape index (κ2) is 5.99. The first-order valence-corrected chi connectivity index (χ1v) is 14.5. The summed E-state index contributed by atoms with van der Waals surface area (Å²) >= 11 is 0. The Morgan fingerprint density at radius 3 is 1.37 bits per heavy atom. The Balaban J connectivity index is 3.10. The lowest BCUT2D eigenvalue weighted by atomic mass is 9.82. The molecule has 1 fully saturated rings. The van der Waals surface area contributed by atoms with Crippen LogP contribution in [0.3, 0.4) is 0 Å². The summed E-state index contributed by atoms with van der Waals surface area (Å²) in [6, 6.07) is 0. The third kappa shape index (κ3) is 2.94. The smallest absolute Gasteiger partial charge is 0.372 e. The standard InChI is InChI=1S/C10H17BN2O10S4/c1-13-7-8(6-12-13)11-22-9(24(2,14)15,25(3,16)17)10(23-11,26(4,18)19)27(5,20)21/h6-7H,1-5H3. The lowest BCUT2D eigenvalue weighted by Crippen LogP contribution is -2.67. The normalized spacial score (nSPS) is 20.7. The van der Waals surface area contributed by atoms with Gasteiger partial charge in [0, 0.05) is 49.9 Å². The molecule has 0 spiro atoms. The van der Waals surface area contributed by atoms with Crippen LogP contribution in [-0.2, 0) is 55.7 Å². The van der Waals surface area contributed by atoms with Crippen molar-refractivity contribution >= 4 is 51.9 Å². The minimum Gasteiger partial charge on any atom is -0.372 e. The summed E-state index contributed by atoms with van der Waals surface area (Å²) in [5.41, 5.74) is -0.0802. The number of hydrogen-bond donors (Lipinski definition) is 0. The van der Waals surface area contributed by atoms with Gasteiger partial charge in [0.1, 0.15) is 0 Å². The highest BCUT2D eigenvalue weighted by Crippen LogP contribution is 2.51. The average molecular weight is 464 g/mol. The molecule has 1 aliphatic heterocycles. The van der Waals surface area contributed by atoms with Gasteiger partial charge in [0.25, 0.3) is 0 Å². The molecule has 0 radical (unpaired) electrons. The van der Waals surface area contributed by atoms with Gasteiger partial charge in [-0.15, -0.1) is 0 Å². The first-order chi connectivity index (χ1) is 11.8. The van der Waals surface area contributed by atoms with Crippen LogP contribution in [0.25, 0.3) is 0 Å². The number of aryl methyl sites for hydroxylation is 1. The van der Waals surface area contributed by atoms with Crippen molar-refractivity contribution in [3.63, 3.8) is 0 Å². The molecule has 0 unspecified atom stereocenters. The number of nitrogens with zero attached hydrogens (tertiary/aromatic N) is 2. The molecule has 1 aliphatic rings. The average Bonchev–Trinajstić information content (AvgIpc) is 2.97. The Labute approximate surface area is 157 Å². The maximum Gasteiger partial charge on any atom is 0.501 e. The van der Waals surface area contributed by atoms with Gasteiger partial charge in [0.15, 0.2) is 39.3 Å². The van der Waals surface area contributed by atoms with E-state index in [1.54, 1.807) is 0 Å². The second-order valence-corrected chi connectivity index (χ2v) is 15.2. The van der Waals surface area contributed by atoms with Crippen LogP contribution < -0.4 is 5.46 Å². The van der Waals surface area contributed by atoms with Crippen molar-refractivity contribution in [2.24, 2.45) is 7.05 Å². The van der Waals surface area contributed by atoms with E-state index in [1.165, 1.54) is 17.9 Å². The third-order valence-electron chi connectivity index (χ3n) is 3.85. The fourth-order valence-electron chi connectivity index (χ4n) is 2.96. The number of hydrogen-bond acceptors (Lipinski definition) is 11. The van der Waals surface area contributed by atoms with Crippen molar-refractivity contribution < 1.29 is 43.0 Å². The molecule has 1 saturated heterocycles. The van der Waals surface area contributed by atoms with Crippen LogP contribution in [-0.4, -0.2) is 84.1 Å². The van der Waals surface area contributed by atoms with E-state index in [9.17, 15) is 33.7 Å². The van der Waals surface area contributed by atoms with Gasteiger partial charge in [-0.2, -0.15) is 5.10 Å². The summed E-state index contributed by atoms with van der Waals surface area (Å²) in [5, 5.41) is 3.76. The molecule has 12 nitrogen and oxygen atoms in total. The Morgan fingerprint density at radius 2 is 1.15 bits per heavy atom. The molecule has 0 N–H and O–H groups in total. The van der Waals surface area contributed by atoms with Gasteiger partial charge < -0.3 is 9.31 Å². The summed E-state index contributed by atoms with van der Waals surface area (Å²) in [4.78, 5) is 0. The molecule has 0 aliphatic carbocycles. The van der Waals surface area contributed by atoms with E-state index in [2.05, 4.69) is 5.10 Å². The molecule has 0 amide bonds. The van der Waals surface area contributed by atoms with Crippen LogP contribution in [0.15, 0.2) is 12.4 Å². The van der Waals surface area contributed by atoms with E-state index in [0.717, 1.165) is 6.20 Å². The van der Waals surface area contributed by atoms with Gasteiger partial charge >= 0.3 is 15.6 Å². The lowest BCUT2D eigenvalue weighted by Gasteiger charge is -2.37. The molecule has 2 rings (SSSR count). The van der Waals surface area contributed by atoms with Crippen molar-refractivity contribution in [2.75, 3.05) is 25.0 Å². The summed E-state index contributed by atoms with van der Waals surface area (Å²) in [5.74, 6) is 0. The van der Waals surface area contributed by atoms with E-state index in [-0.39, 0.29) is 5.46 Å². The van der Waals surface area contributed by atoms with E-state index in [4.69, 9.17) is 9.31 Å². The first kappa shape index (κ1) is 22.3. The van der Waals surface area contributed by atoms with Crippen LogP contribution in [0.4, 0.5) is 0 Å². The van der Waals surface area contributed by atoms with Crippen molar-refractivity contribution in [1.82, 2.24) is 9.78 Å². The SMILES string of the molecule is Cn1cc(B2OC(S(C)(=O)=O)(S(C)(=O)=O)C(S(C)(=O)=O)(S(C)(=O)=O)O2)cn1. The predicted octanol–water partition coefficient (Wildman–Crippen LogP) is -3.35. The fraction of sp³-hybridized carbons (Fsp3) is 0.700.